The maximum atomic E-state index is 12.7. The summed E-state index contributed by atoms with van der Waals surface area (Å²) < 4.78 is 5.29. The van der Waals surface area contributed by atoms with Gasteiger partial charge >= 0.3 is 0 Å². The summed E-state index contributed by atoms with van der Waals surface area (Å²) in [6.45, 7) is 2.26. The van der Waals surface area contributed by atoms with Crippen molar-refractivity contribution >= 4 is 22.2 Å². The Labute approximate surface area is 146 Å². The molecule has 24 heavy (non-hydrogen) atoms. The summed E-state index contributed by atoms with van der Waals surface area (Å²) in [6.07, 6.45) is 4.34. The monoisotopic (exact) mass is 342 g/mol. The molecule has 2 heterocycles. The molecule has 0 saturated carbocycles. The Kier molecular flexibility index (Phi) is 3.96. The lowest BCUT2D eigenvalue weighted by atomic mass is 9.85. The number of thiophene rings is 1. The van der Waals surface area contributed by atoms with Crippen LogP contribution in [0.15, 0.2) is 24.3 Å². The maximum Gasteiger partial charge on any atom is 0.256 e. The average Bonchev–Trinajstić information content (AvgIpc) is 2.99. The van der Waals surface area contributed by atoms with E-state index in [0.29, 0.717) is 0 Å². The Balaban J connectivity index is 1.66. The number of ether oxygens (including phenoxy) is 1. The molecule has 2 aliphatic rings. The second kappa shape index (κ2) is 6.13. The summed E-state index contributed by atoms with van der Waals surface area (Å²) in [6, 6.07) is 7.83. The lowest BCUT2D eigenvalue weighted by Gasteiger charge is -2.27. The van der Waals surface area contributed by atoms with Gasteiger partial charge in [0.15, 0.2) is 0 Å². The van der Waals surface area contributed by atoms with Gasteiger partial charge in [-0.1, -0.05) is 25.5 Å². The lowest BCUT2D eigenvalue weighted by Crippen LogP contribution is -2.38. The van der Waals surface area contributed by atoms with E-state index in [2.05, 4.69) is 17.6 Å². The molecule has 0 radical (unpaired) electrons. The van der Waals surface area contributed by atoms with Crippen molar-refractivity contribution in [3.8, 4) is 5.75 Å². The number of anilines is 1. The van der Waals surface area contributed by atoms with Crippen LogP contribution in [-0.2, 0) is 12.8 Å². The molecule has 2 N–H and O–H groups in total. The molecule has 1 aromatic heterocycles. The van der Waals surface area contributed by atoms with Crippen LogP contribution in [0.25, 0.3) is 0 Å². The Morgan fingerprint density at radius 2 is 2.21 bits per heavy atom. The Morgan fingerprint density at radius 3 is 3.00 bits per heavy atom. The fourth-order valence-electron chi connectivity index (χ4n) is 3.70. The zero-order chi connectivity index (χ0) is 16.7. The van der Waals surface area contributed by atoms with E-state index in [4.69, 9.17) is 4.74 Å². The second-order valence-corrected chi connectivity index (χ2v) is 7.66. The molecule has 2 aromatic rings. The van der Waals surface area contributed by atoms with Gasteiger partial charge in [0.1, 0.15) is 16.9 Å². The molecular formula is C19H22N2O2S. The van der Waals surface area contributed by atoms with Gasteiger partial charge < -0.3 is 15.4 Å². The molecule has 5 heteroatoms. The second-order valence-electron chi connectivity index (χ2n) is 6.55. The van der Waals surface area contributed by atoms with E-state index in [9.17, 15) is 4.79 Å². The number of nitrogens with one attached hydrogen (secondary N) is 2. The third kappa shape index (κ3) is 2.57. The van der Waals surface area contributed by atoms with Crippen molar-refractivity contribution in [1.29, 1.82) is 0 Å². The highest BCUT2D eigenvalue weighted by molar-refractivity contribution is 7.16. The molecule has 2 atom stereocenters. The minimum Gasteiger partial charge on any atom is -0.497 e. The Hall–Kier alpha value is -2.01. The first-order valence-electron chi connectivity index (χ1n) is 8.55. The maximum absolute atomic E-state index is 12.7. The van der Waals surface area contributed by atoms with Crippen molar-refractivity contribution in [2.45, 2.75) is 38.8 Å². The number of benzene rings is 1. The third-order valence-corrected chi connectivity index (χ3v) is 6.34. The molecule has 0 saturated heterocycles. The van der Waals surface area contributed by atoms with Crippen LogP contribution in [0.4, 0.5) is 5.00 Å². The first kappa shape index (κ1) is 15.5. The molecule has 1 aromatic carbocycles. The van der Waals surface area contributed by atoms with E-state index in [-0.39, 0.29) is 12.1 Å². The molecular weight excluding hydrogens is 320 g/mol. The first-order valence-corrected chi connectivity index (χ1v) is 9.37. The van der Waals surface area contributed by atoms with Crippen molar-refractivity contribution in [3.05, 3.63) is 45.8 Å². The molecule has 0 spiro atoms. The smallest absolute Gasteiger partial charge is 0.256 e. The molecule has 1 amide bonds. The minimum absolute atomic E-state index is 0.0454. The highest BCUT2D eigenvalue weighted by Gasteiger charge is 2.33. The summed E-state index contributed by atoms with van der Waals surface area (Å²) in [5.74, 6) is 1.60. The zero-order valence-corrected chi connectivity index (χ0v) is 14.8. The van der Waals surface area contributed by atoms with Crippen LogP contribution in [0, 0.1) is 5.92 Å². The molecule has 0 fully saturated rings. The molecule has 0 unspecified atom stereocenters. The lowest BCUT2D eigenvalue weighted by molar-refractivity contribution is 0.0935. The van der Waals surface area contributed by atoms with Crippen LogP contribution in [0.2, 0.25) is 0 Å². The van der Waals surface area contributed by atoms with Gasteiger partial charge in [0.05, 0.1) is 12.7 Å². The molecule has 1 aliphatic heterocycles. The van der Waals surface area contributed by atoms with E-state index in [1.807, 2.05) is 24.3 Å². The molecule has 4 rings (SSSR count). The zero-order valence-electron chi connectivity index (χ0n) is 14.0. The van der Waals surface area contributed by atoms with Gasteiger partial charge in [-0.3, -0.25) is 4.79 Å². The number of carbonyl (C=O) groups excluding carboxylic acids is 1. The number of methoxy groups -OCH3 is 1. The van der Waals surface area contributed by atoms with Crippen molar-refractivity contribution in [1.82, 2.24) is 5.32 Å². The predicted octanol–water partition coefficient (Wildman–Crippen LogP) is 4.13. The van der Waals surface area contributed by atoms with Crippen LogP contribution in [0.1, 0.15) is 52.3 Å². The van der Waals surface area contributed by atoms with Gasteiger partial charge in [-0.2, -0.15) is 0 Å². The minimum atomic E-state index is -0.206. The van der Waals surface area contributed by atoms with E-state index in [0.717, 1.165) is 40.6 Å². The van der Waals surface area contributed by atoms with E-state index in [1.165, 1.54) is 23.3 Å². The van der Waals surface area contributed by atoms with Gasteiger partial charge in [-0.15, -0.1) is 11.3 Å². The van der Waals surface area contributed by atoms with Gasteiger partial charge in [-0.05, 0) is 48.4 Å². The predicted molar refractivity (Wildman–Crippen MR) is 96.9 cm³/mol. The van der Waals surface area contributed by atoms with Crippen molar-refractivity contribution in [2.24, 2.45) is 5.92 Å². The molecule has 126 valence electrons. The van der Waals surface area contributed by atoms with Gasteiger partial charge in [-0.25, -0.2) is 0 Å². The summed E-state index contributed by atoms with van der Waals surface area (Å²) >= 11 is 1.77. The van der Waals surface area contributed by atoms with E-state index >= 15 is 0 Å². The number of hydrogen-bond acceptors (Lipinski definition) is 4. The summed E-state index contributed by atoms with van der Waals surface area (Å²) in [4.78, 5) is 14.1. The van der Waals surface area contributed by atoms with Crippen LogP contribution in [0.3, 0.4) is 0 Å². The third-order valence-electron chi connectivity index (χ3n) is 5.15. The quantitative estimate of drug-likeness (QED) is 0.882. The van der Waals surface area contributed by atoms with Gasteiger partial charge in [0.25, 0.3) is 5.91 Å². The van der Waals surface area contributed by atoms with Crippen LogP contribution < -0.4 is 15.4 Å². The number of amides is 1. The van der Waals surface area contributed by atoms with Crippen LogP contribution in [0.5, 0.6) is 5.75 Å². The summed E-state index contributed by atoms with van der Waals surface area (Å²) in [7, 11) is 1.65. The molecule has 4 nitrogen and oxygen atoms in total. The highest BCUT2D eigenvalue weighted by Crippen LogP contribution is 2.43. The average molecular weight is 342 g/mol. The largest absolute Gasteiger partial charge is 0.497 e. The van der Waals surface area contributed by atoms with E-state index < -0.39 is 0 Å². The van der Waals surface area contributed by atoms with Gasteiger partial charge in [0, 0.05) is 4.88 Å². The Bertz CT molecular complexity index is 784. The molecule has 1 aliphatic carbocycles. The van der Waals surface area contributed by atoms with Crippen LogP contribution in [-0.4, -0.2) is 13.0 Å². The summed E-state index contributed by atoms with van der Waals surface area (Å²) in [5.41, 5.74) is 3.16. The van der Waals surface area contributed by atoms with Crippen molar-refractivity contribution in [3.63, 3.8) is 0 Å². The number of hydrogen-bond donors (Lipinski definition) is 2. The highest BCUT2D eigenvalue weighted by atomic mass is 32.1. The summed E-state index contributed by atoms with van der Waals surface area (Å²) in [5, 5.41) is 7.64. The normalized spacial score (nSPS) is 22.2. The van der Waals surface area contributed by atoms with Crippen LogP contribution >= 0.6 is 11.3 Å². The van der Waals surface area contributed by atoms with Gasteiger partial charge in [0.2, 0.25) is 0 Å². The fourth-order valence-corrected chi connectivity index (χ4v) is 5.09. The number of fused-ring (bicyclic) bond motifs is 3. The molecule has 0 bridgehead atoms. The SMILES string of the molecule is CC[C@H]1CCc2c(sc3c2C(=O)N[C@@H](c2cccc(OC)c2)N3)C1. The van der Waals surface area contributed by atoms with Crippen molar-refractivity contribution < 1.29 is 9.53 Å². The Morgan fingerprint density at radius 1 is 1.33 bits per heavy atom. The number of rotatable bonds is 3. The fraction of sp³-hybridized carbons (Fsp3) is 0.421. The van der Waals surface area contributed by atoms with Crippen molar-refractivity contribution in [2.75, 3.05) is 12.4 Å². The van der Waals surface area contributed by atoms with E-state index in [1.54, 1.807) is 18.4 Å². The first-order chi connectivity index (χ1) is 11.7. The topological polar surface area (TPSA) is 50.4 Å². The number of carbonyl (C=O) groups is 1. The standard InChI is InChI=1S/C19H22N2O2S/c1-3-11-7-8-14-15(9-11)24-19-16(14)18(22)20-17(21-19)12-5-4-6-13(10-12)23-2/h4-6,10-11,17,21H,3,7-9H2,1-2H3,(H,20,22)/t11-,17+/m0/s1.